The minimum atomic E-state index is -0.0415. The van der Waals surface area contributed by atoms with Gasteiger partial charge in [0, 0.05) is 25.5 Å². The Labute approximate surface area is 127 Å². The second-order valence-corrected chi connectivity index (χ2v) is 7.05. The van der Waals surface area contributed by atoms with Crippen LogP contribution in [0.3, 0.4) is 0 Å². The average molecular weight is 289 g/mol. The van der Waals surface area contributed by atoms with E-state index in [9.17, 15) is 4.79 Å². The van der Waals surface area contributed by atoms with E-state index < -0.39 is 0 Å². The first-order valence-corrected chi connectivity index (χ1v) is 7.78. The van der Waals surface area contributed by atoms with Crippen LogP contribution in [0.25, 0.3) is 0 Å². The van der Waals surface area contributed by atoms with Crippen molar-refractivity contribution in [2.45, 2.75) is 41.0 Å². The van der Waals surface area contributed by atoms with E-state index in [0.29, 0.717) is 22.3 Å². The number of anilines is 1. The van der Waals surface area contributed by atoms with Crippen LogP contribution < -0.4 is 10.6 Å². The summed E-state index contributed by atoms with van der Waals surface area (Å²) in [6, 6.07) is 1.86. The lowest BCUT2D eigenvalue weighted by Crippen LogP contribution is -2.28. The SMILES string of the molecule is CCCNc1ccncc1C(=O)NCC1C(C)(C)C1(C)C. The summed E-state index contributed by atoms with van der Waals surface area (Å²) in [5, 5.41) is 6.35. The number of rotatable bonds is 6. The van der Waals surface area contributed by atoms with Gasteiger partial charge in [-0.1, -0.05) is 34.6 Å². The van der Waals surface area contributed by atoms with Gasteiger partial charge in [0.1, 0.15) is 0 Å². The molecule has 1 aromatic rings. The van der Waals surface area contributed by atoms with E-state index in [1.165, 1.54) is 0 Å². The Hall–Kier alpha value is -1.58. The molecule has 1 aliphatic carbocycles. The van der Waals surface area contributed by atoms with Gasteiger partial charge in [0.15, 0.2) is 0 Å². The Morgan fingerprint density at radius 3 is 2.52 bits per heavy atom. The number of hydrogen-bond donors (Lipinski definition) is 2. The average Bonchev–Trinajstić information content (AvgIpc) is 2.84. The molecule has 1 aliphatic rings. The van der Waals surface area contributed by atoms with Crippen molar-refractivity contribution in [2.24, 2.45) is 16.7 Å². The molecule has 2 rings (SSSR count). The molecular formula is C17H27N3O. The van der Waals surface area contributed by atoms with Crippen LogP contribution in [0.2, 0.25) is 0 Å². The molecule has 0 radical (unpaired) electrons. The van der Waals surface area contributed by atoms with Gasteiger partial charge in [-0.05, 0) is 29.2 Å². The molecule has 0 bridgehead atoms. The van der Waals surface area contributed by atoms with Crippen LogP contribution in [0.15, 0.2) is 18.5 Å². The minimum absolute atomic E-state index is 0.0415. The smallest absolute Gasteiger partial charge is 0.254 e. The Morgan fingerprint density at radius 1 is 1.29 bits per heavy atom. The first-order chi connectivity index (χ1) is 9.82. The van der Waals surface area contributed by atoms with Crippen molar-refractivity contribution in [2.75, 3.05) is 18.4 Å². The molecule has 1 amide bonds. The van der Waals surface area contributed by atoms with Crippen molar-refractivity contribution < 1.29 is 4.79 Å². The summed E-state index contributed by atoms with van der Waals surface area (Å²) in [5.41, 5.74) is 2.07. The van der Waals surface area contributed by atoms with Gasteiger partial charge in [-0.15, -0.1) is 0 Å². The highest BCUT2D eigenvalue weighted by atomic mass is 16.1. The lowest BCUT2D eigenvalue weighted by Gasteiger charge is -2.11. The Kier molecular flexibility index (Phi) is 4.26. The summed E-state index contributed by atoms with van der Waals surface area (Å²) >= 11 is 0. The molecule has 0 atom stereocenters. The number of nitrogens with zero attached hydrogens (tertiary/aromatic N) is 1. The van der Waals surface area contributed by atoms with E-state index in [1.54, 1.807) is 12.4 Å². The normalized spacial score (nSPS) is 19.1. The fourth-order valence-corrected chi connectivity index (χ4v) is 3.12. The maximum atomic E-state index is 12.4. The van der Waals surface area contributed by atoms with Crippen molar-refractivity contribution in [3.8, 4) is 0 Å². The van der Waals surface area contributed by atoms with Gasteiger partial charge in [-0.25, -0.2) is 0 Å². The summed E-state index contributed by atoms with van der Waals surface area (Å²) in [4.78, 5) is 16.5. The summed E-state index contributed by atoms with van der Waals surface area (Å²) in [6.07, 6.45) is 4.37. The molecule has 0 saturated heterocycles. The van der Waals surface area contributed by atoms with Crippen LogP contribution in [0.5, 0.6) is 0 Å². The van der Waals surface area contributed by atoms with Crippen molar-refractivity contribution >= 4 is 11.6 Å². The third-order valence-electron chi connectivity index (χ3n) is 5.42. The largest absolute Gasteiger partial charge is 0.384 e. The van der Waals surface area contributed by atoms with Crippen molar-refractivity contribution in [1.29, 1.82) is 0 Å². The maximum absolute atomic E-state index is 12.4. The Morgan fingerprint density at radius 2 is 1.95 bits per heavy atom. The van der Waals surface area contributed by atoms with E-state index in [-0.39, 0.29) is 5.91 Å². The van der Waals surface area contributed by atoms with E-state index in [0.717, 1.165) is 25.2 Å². The zero-order chi connectivity index (χ0) is 15.7. The fraction of sp³-hybridized carbons (Fsp3) is 0.647. The van der Waals surface area contributed by atoms with E-state index in [2.05, 4.69) is 50.2 Å². The van der Waals surface area contributed by atoms with Crippen LogP contribution in [-0.2, 0) is 0 Å². The zero-order valence-corrected chi connectivity index (χ0v) is 13.8. The molecule has 0 aromatic carbocycles. The highest BCUT2D eigenvalue weighted by Gasteiger charge is 2.64. The molecule has 4 heteroatoms. The molecule has 1 fully saturated rings. The lowest BCUT2D eigenvalue weighted by atomic mass is 10.0. The predicted octanol–water partition coefficient (Wildman–Crippen LogP) is 3.32. The van der Waals surface area contributed by atoms with Crippen molar-refractivity contribution in [3.05, 3.63) is 24.0 Å². The molecule has 2 N–H and O–H groups in total. The minimum Gasteiger partial charge on any atom is -0.384 e. The summed E-state index contributed by atoms with van der Waals surface area (Å²) < 4.78 is 0. The number of amides is 1. The van der Waals surface area contributed by atoms with Crippen LogP contribution in [-0.4, -0.2) is 24.0 Å². The topological polar surface area (TPSA) is 54.0 Å². The summed E-state index contributed by atoms with van der Waals surface area (Å²) in [6.45, 7) is 12.7. The van der Waals surface area contributed by atoms with Crippen LogP contribution in [0, 0.1) is 16.7 Å². The molecule has 0 aliphatic heterocycles. The molecule has 4 nitrogen and oxygen atoms in total. The van der Waals surface area contributed by atoms with Gasteiger partial charge in [-0.3, -0.25) is 9.78 Å². The molecule has 1 saturated carbocycles. The van der Waals surface area contributed by atoms with Gasteiger partial charge >= 0.3 is 0 Å². The number of carbonyl (C=O) groups excluding carboxylic acids is 1. The number of pyridine rings is 1. The standard InChI is InChI=1S/C17H27N3O/c1-6-8-19-13-7-9-18-10-12(13)15(21)20-11-14-16(2,3)17(14,4)5/h7,9-10,14H,6,8,11H2,1-5H3,(H,18,19)(H,20,21). The second-order valence-electron chi connectivity index (χ2n) is 7.05. The Bertz CT molecular complexity index is 509. The van der Waals surface area contributed by atoms with Gasteiger partial charge in [-0.2, -0.15) is 0 Å². The summed E-state index contributed by atoms with van der Waals surface area (Å²) in [5.74, 6) is 0.484. The number of hydrogen-bond acceptors (Lipinski definition) is 3. The lowest BCUT2D eigenvalue weighted by molar-refractivity contribution is 0.0950. The van der Waals surface area contributed by atoms with Crippen LogP contribution in [0.4, 0.5) is 5.69 Å². The quantitative estimate of drug-likeness (QED) is 0.844. The van der Waals surface area contributed by atoms with Crippen molar-refractivity contribution in [1.82, 2.24) is 10.3 Å². The molecule has 0 unspecified atom stereocenters. The third-order valence-corrected chi connectivity index (χ3v) is 5.42. The monoisotopic (exact) mass is 289 g/mol. The molecule has 116 valence electrons. The summed E-state index contributed by atoms with van der Waals surface area (Å²) in [7, 11) is 0. The van der Waals surface area contributed by atoms with Crippen LogP contribution in [0.1, 0.15) is 51.4 Å². The third kappa shape index (κ3) is 2.89. The maximum Gasteiger partial charge on any atom is 0.254 e. The van der Waals surface area contributed by atoms with E-state index in [1.807, 2.05) is 6.07 Å². The fourth-order valence-electron chi connectivity index (χ4n) is 3.12. The molecule has 0 spiro atoms. The second kappa shape index (κ2) is 5.66. The first-order valence-electron chi connectivity index (χ1n) is 7.78. The van der Waals surface area contributed by atoms with E-state index >= 15 is 0 Å². The number of nitrogens with one attached hydrogen (secondary N) is 2. The van der Waals surface area contributed by atoms with Gasteiger partial charge in [0.2, 0.25) is 0 Å². The van der Waals surface area contributed by atoms with Gasteiger partial charge in [0.05, 0.1) is 11.3 Å². The molecule has 1 heterocycles. The first kappa shape index (κ1) is 15.8. The number of aromatic nitrogens is 1. The van der Waals surface area contributed by atoms with Gasteiger partial charge in [0.25, 0.3) is 5.91 Å². The van der Waals surface area contributed by atoms with Crippen LogP contribution >= 0.6 is 0 Å². The zero-order valence-electron chi connectivity index (χ0n) is 13.8. The Balaban J connectivity index is 1.98. The highest BCUT2D eigenvalue weighted by molar-refractivity contribution is 5.99. The predicted molar refractivity (Wildman–Crippen MR) is 86.4 cm³/mol. The molecular weight excluding hydrogens is 262 g/mol. The van der Waals surface area contributed by atoms with Gasteiger partial charge < -0.3 is 10.6 Å². The number of carbonyl (C=O) groups is 1. The molecule has 1 aromatic heterocycles. The van der Waals surface area contributed by atoms with E-state index in [4.69, 9.17) is 0 Å². The highest BCUT2D eigenvalue weighted by Crippen LogP contribution is 2.67. The molecule has 21 heavy (non-hydrogen) atoms. The van der Waals surface area contributed by atoms with Crippen molar-refractivity contribution in [3.63, 3.8) is 0 Å².